The number of nitrogens with zero attached hydrogens (tertiary/aromatic N) is 2. The molecule has 0 radical (unpaired) electrons. The normalized spacial score (nSPS) is 26.5. The van der Waals surface area contributed by atoms with E-state index in [0.717, 1.165) is 12.0 Å². The second-order valence-corrected chi connectivity index (χ2v) is 7.52. The van der Waals surface area contributed by atoms with Crippen molar-refractivity contribution in [1.29, 1.82) is 0 Å². The van der Waals surface area contributed by atoms with Gasteiger partial charge in [0.1, 0.15) is 0 Å². The van der Waals surface area contributed by atoms with Crippen molar-refractivity contribution in [3.05, 3.63) is 30.1 Å². The molecule has 2 rings (SSSR count). The number of nitrogens with two attached hydrogens (primary N) is 1. The Labute approximate surface area is 114 Å². The topological polar surface area (TPSA) is 76.3 Å². The first-order valence-electron chi connectivity index (χ1n) is 6.48. The zero-order valence-corrected chi connectivity index (χ0v) is 12.1. The van der Waals surface area contributed by atoms with E-state index in [0.29, 0.717) is 19.5 Å². The third-order valence-electron chi connectivity index (χ3n) is 3.94. The van der Waals surface area contributed by atoms with Gasteiger partial charge in [-0.1, -0.05) is 0 Å². The number of hydrogen-bond acceptors (Lipinski definition) is 5. The average Bonchev–Trinajstić information content (AvgIpc) is 2.38. The molecule has 2 heterocycles. The molecule has 5 nitrogen and oxygen atoms in total. The summed E-state index contributed by atoms with van der Waals surface area (Å²) >= 11 is 0. The van der Waals surface area contributed by atoms with Gasteiger partial charge in [-0.05, 0) is 37.6 Å². The smallest absolute Gasteiger partial charge is 0.152 e. The summed E-state index contributed by atoms with van der Waals surface area (Å²) in [5.74, 6) is 0.454. The Kier molecular flexibility index (Phi) is 4.23. The number of likely N-dealkylation sites (N-methyl/N-ethyl adjacent to an activating group) is 1. The third-order valence-corrected chi connectivity index (χ3v) is 5.83. The van der Waals surface area contributed by atoms with Crippen LogP contribution in [0.15, 0.2) is 24.5 Å². The molecule has 19 heavy (non-hydrogen) atoms. The Morgan fingerprint density at radius 3 is 2.68 bits per heavy atom. The van der Waals surface area contributed by atoms with Gasteiger partial charge in [-0.15, -0.1) is 0 Å². The van der Waals surface area contributed by atoms with Crippen molar-refractivity contribution in [2.45, 2.75) is 24.9 Å². The highest BCUT2D eigenvalue weighted by atomic mass is 32.2. The van der Waals surface area contributed by atoms with Crippen molar-refractivity contribution >= 4 is 9.84 Å². The van der Waals surface area contributed by atoms with Crippen molar-refractivity contribution in [3.8, 4) is 0 Å². The van der Waals surface area contributed by atoms with E-state index in [2.05, 4.69) is 9.88 Å². The van der Waals surface area contributed by atoms with E-state index in [4.69, 9.17) is 5.73 Å². The van der Waals surface area contributed by atoms with Crippen LogP contribution in [0.25, 0.3) is 0 Å². The van der Waals surface area contributed by atoms with Gasteiger partial charge in [0.05, 0.1) is 11.5 Å². The van der Waals surface area contributed by atoms with Gasteiger partial charge in [0.15, 0.2) is 9.84 Å². The average molecular weight is 283 g/mol. The van der Waals surface area contributed by atoms with Crippen LogP contribution in [0.4, 0.5) is 0 Å². The van der Waals surface area contributed by atoms with Crippen LogP contribution in [0.5, 0.6) is 0 Å². The van der Waals surface area contributed by atoms with Crippen molar-refractivity contribution in [3.63, 3.8) is 0 Å². The highest BCUT2D eigenvalue weighted by Gasteiger charge is 2.40. The molecule has 106 valence electrons. The summed E-state index contributed by atoms with van der Waals surface area (Å²) in [4.78, 5) is 6.07. The van der Waals surface area contributed by atoms with Crippen LogP contribution in [0, 0.1) is 0 Å². The maximum atomic E-state index is 11.9. The minimum absolute atomic E-state index is 0.165. The van der Waals surface area contributed by atoms with Crippen LogP contribution in [0.3, 0.4) is 0 Å². The Morgan fingerprint density at radius 1 is 1.42 bits per heavy atom. The van der Waals surface area contributed by atoms with E-state index in [1.807, 2.05) is 19.2 Å². The lowest BCUT2D eigenvalue weighted by atomic mass is 9.93. The summed E-state index contributed by atoms with van der Waals surface area (Å²) in [5.41, 5.74) is 6.58. The Hall–Kier alpha value is -0.980. The van der Waals surface area contributed by atoms with E-state index in [1.54, 1.807) is 12.4 Å². The number of hydrogen-bond donors (Lipinski definition) is 1. The van der Waals surface area contributed by atoms with Gasteiger partial charge in [0.2, 0.25) is 0 Å². The standard InChI is InChI=1S/C13H21N3O2S/c1-16(9-12-3-6-15-7-4-12)13(10-14)5-2-8-19(17,18)11-13/h3-4,6-7H,2,5,8-11,14H2,1H3. The lowest BCUT2D eigenvalue weighted by Crippen LogP contribution is -2.58. The van der Waals surface area contributed by atoms with Gasteiger partial charge in [0, 0.05) is 31.0 Å². The molecule has 0 bridgehead atoms. The van der Waals surface area contributed by atoms with E-state index in [1.165, 1.54) is 0 Å². The summed E-state index contributed by atoms with van der Waals surface area (Å²) in [7, 11) is -1.02. The molecular formula is C13H21N3O2S. The number of pyridine rings is 1. The van der Waals surface area contributed by atoms with Gasteiger partial charge in [-0.3, -0.25) is 9.88 Å². The summed E-state index contributed by atoms with van der Waals surface area (Å²) in [5, 5.41) is 0. The predicted octanol–water partition coefficient (Wildman–Crippen LogP) is 0.419. The lowest BCUT2D eigenvalue weighted by molar-refractivity contribution is 0.124. The van der Waals surface area contributed by atoms with E-state index >= 15 is 0 Å². The Balaban J connectivity index is 2.17. The summed E-state index contributed by atoms with van der Waals surface area (Å²) in [6.07, 6.45) is 5.02. The molecule has 1 aliphatic heterocycles. The van der Waals surface area contributed by atoms with Crippen molar-refractivity contribution in [2.75, 3.05) is 25.1 Å². The predicted molar refractivity (Wildman–Crippen MR) is 75.4 cm³/mol. The summed E-state index contributed by atoms with van der Waals surface area (Å²) in [6, 6.07) is 3.89. The summed E-state index contributed by atoms with van der Waals surface area (Å²) in [6.45, 7) is 1.06. The fourth-order valence-corrected chi connectivity index (χ4v) is 4.75. The molecule has 1 aromatic rings. The van der Waals surface area contributed by atoms with E-state index in [9.17, 15) is 8.42 Å². The SMILES string of the molecule is CN(Cc1ccncc1)C1(CN)CCCS(=O)(=O)C1. The van der Waals surface area contributed by atoms with Crippen LogP contribution in [-0.4, -0.2) is 48.9 Å². The van der Waals surface area contributed by atoms with Gasteiger partial charge < -0.3 is 5.73 Å². The monoisotopic (exact) mass is 283 g/mol. The largest absolute Gasteiger partial charge is 0.329 e. The first-order chi connectivity index (χ1) is 8.97. The highest BCUT2D eigenvalue weighted by molar-refractivity contribution is 7.91. The molecule has 0 spiro atoms. The van der Waals surface area contributed by atoms with Crippen LogP contribution >= 0.6 is 0 Å². The van der Waals surface area contributed by atoms with Crippen LogP contribution in [0.1, 0.15) is 18.4 Å². The van der Waals surface area contributed by atoms with Crippen molar-refractivity contribution < 1.29 is 8.42 Å². The fourth-order valence-electron chi connectivity index (χ4n) is 2.72. The number of aromatic nitrogens is 1. The summed E-state index contributed by atoms with van der Waals surface area (Å²) < 4.78 is 23.8. The van der Waals surface area contributed by atoms with E-state index < -0.39 is 15.4 Å². The maximum Gasteiger partial charge on any atom is 0.152 e. The molecule has 1 atom stereocenters. The Morgan fingerprint density at radius 2 is 2.11 bits per heavy atom. The first-order valence-corrected chi connectivity index (χ1v) is 8.30. The zero-order valence-electron chi connectivity index (χ0n) is 11.2. The fraction of sp³-hybridized carbons (Fsp3) is 0.615. The number of sulfone groups is 1. The van der Waals surface area contributed by atoms with Gasteiger partial charge >= 0.3 is 0 Å². The molecule has 6 heteroatoms. The van der Waals surface area contributed by atoms with Crippen LogP contribution in [0.2, 0.25) is 0 Å². The second kappa shape index (κ2) is 5.56. The molecule has 1 aromatic heterocycles. The molecule has 0 amide bonds. The molecule has 0 aromatic carbocycles. The zero-order chi connectivity index (χ0) is 13.9. The molecule has 1 aliphatic rings. The molecule has 1 fully saturated rings. The molecule has 2 N–H and O–H groups in total. The molecule has 0 saturated carbocycles. The maximum absolute atomic E-state index is 11.9. The van der Waals surface area contributed by atoms with E-state index in [-0.39, 0.29) is 11.5 Å². The van der Waals surface area contributed by atoms with Gasteiger partial charge in [-0.2, -0.15) is 0 Å². The van der Waals surface area contributed by atoms with Crippen molar-refractivity contribution in [2.24, 2.45) is 5.73 Å². The van der Waals surface area contributed by atoms with Crippen molar-refractivity contribution in [1.82, 2.24) is 9.88 Å². The number of rotatable bonds is 4. The minimum Gasteiger partial charge on any atom is -0.329 e. The third kappa shape index (κ3) is 3.32. The highest BCUT2D eigenvalue weighted by Crippen LogP contribution is 2.28. The van der Waals surface area contributed by atoms with Gasteiger partial charge in [-0.25, -0.2) is 8.42 Å². The first kappa shape index (κ1) is 14.4. The molecular weight excluding hydrogens is 262 g/mol. The molecule has 1 saturated heterocycles. The van der Waals surface area contributed by atoms with Crippen LogP contribution in [-0.2, 0) is 16.4 Å². The Bertz CT molecular complexity index is 518. The lowest BCUT2D eigenvalue weighted by Gasteiger charge is -2.43. The second-order valence-electron chi connectivity index (χ2n) is 5.34. The minimum atomic E-state index is -2.97. The quantitative estimate of drug-likeness (QED) is 0.866. The van der Waals surface area contributed by atoms with Gasteiger partial charge in [0.25, 0.3) is 0 Å². The molecule has 1 unspecified atom stereocenters. The molecule has 0 aliphatic carbocycles. The van der Waals surface area contributed by atoms with Crippen LogP contribution < -0.4 is 5.73 Å².